The van der Waals surface area contributed by atoms with Gasteiger partial charge in [0.05, 0.1) is 17.7 Å². The van der Waals surface area contributed by atoms with E-state index >= 15 is 0 Å². The van der Waals surface area contributed by atoms with Crippen LogP contribution in [0, 0.1) is 0 Å². The van der Waals surface area contributed by atoms with E-state index in [-0.39, 0.29) is 24.5 Å². The molecule has 0 fully saturated rings. The molecule has 0 saturated carbocycles. The fourth-order valence-electron chi connectivity index (χ4n) is 4.65. The van der Waals surface area contributed by atoms with E-state index in [0.29, 0.717) is 0 Å². The highest BCUT2D eigenvalue weighted by atomic mass is 16.7. The minimum absolute atomic E-state index is 0.0415. The summed E-state index contributed by atoms with van der Waals surface area (Å²) in [5, 5.41) is 0. The molecule has 1 spiro atoms. The van der Waals surface area contributed by atoms with Gasteiger partial charge in [-0.15, -0.1) is 0 Å². The second-order valence-electron chi connectivity index (χ2n) is 6.78. The second kappa shape index (κ2) is 5.09. The van der Waals surface area contributed by atoms with Crippen LogP contribution in [0.25, 0.3) is 0 Å². The molecule has 3 heterocycles. The molecule has 0 radical (unpaired) electrons. The Bertz CT molecular complexity index is 756. The fourth-order valence-corrected chi connectivity index (χ4v) is 4.65. The molecule has 3 atom stereocenters. The number of nitrogens with zero attached hydrogens (tertiary/aromatic N) is 1. The second-order valence-corrected chi connectivity index (χ2v) is 6.78. The van der Waals surface area contributed by atoms with E-state index in [1.165, 1.54) is 16.7 Å². The van der Waals surface area contributed by atoms with Crippen LogP contribution < -0.4 is 9.47 Å². The molecule has 1 aliphatic carbocycles. The van der Waals surface area contributed by atoms with Gasteiger partial charge in [-0.1, -0.05) is 18.2 Å². The molecular formula is C19H21NO4. The lowest BCUT2D eigenvalue weighted by Crippen LogP contribution is -2.52. The number of methoxy groups -OCH3 is 2. The normalized spacial score (nSPS) is 33.0. The summed E-state index contributed by atoms with van der Waals surface area (Å²) >= 11 is 0. The third kappa shape index (κ3) is 1.75. The number of rotatable bonds is 2. The average Bonchev–Trinajstić information content (AvgIpc) is 3.22. The van der Waals surface area contributed by atoms with E-state index in [1.54, 1.807) is 14.2 Å². The van der Waals surface area contributed by atoms with Gasteiger partial charge in [0.15, 0.2) is 11.5 Å². The van der Waals surface area contributed by atoms with Gasteiger partial charge in [0.25, 0.3) is 0 Å². The van der Waals surface area contributed by atoms with Crippen molar-refractivity contribution in [3.63, 3.8) is 0 Å². The van der Waals surface area contributed by atoms with Crippen molar-refractivity contribution in [3.8, 4) is 11.5 Å². The van der Waals surface area contributed by atoms with E-state index in [0.717, 1.165) is 31.0 Å². The minimum Gasteiger partial charge on any atom is -0.454 e. The van der Waals surface area contributed by atoms with Crippen molar-refractivity contribution < 1.29 is 18.9 Å². The van der Waals surface area contributed by atoms with Gasteiger partial charge in [0.2, 0.25) is 6.79 Å². The zero-order valence-corrected chi connectivity index (χ0v) is 14.0. The monoisotopic (exact) mass is 327 g/mol. The Labute approximate surface area is 141 Å². The zero-order chi connectivity index (χ0) is 16.3. The quantitative estimate of drug-likeness (QED) is 0.835. The largest absolute Gasteiger partial charge is 0.454 e. The fraction of sp³-hybridized carbons (Fsp3) is 0.474. The van der Waals surface area contributed by atoms with Crippen molar-refractivity contribution >= 4 is 0 Å². The van der Waals surface area contributed by atoms with Crippen molar-refractivity contribution in [1.82, 2.24) is 4.90 Å². The number of hydrogen-bond donors (Lipinski definition) is 0. The number of ether oxygens (including phenoxy) is 4. The SMILES string of the molecule is COC1C=CC2=CCN3CC(OC)c4cc5c(cc4C23C1)OCO5. The molecule has 0 bridgehead atoms. The third-order valence-electron chi connectivity index (χ3n) is 5.85. The molecule has 3 unspecified atom stereocenters. The maximum absolute atomic E-state index is 5.80. The maximum atomic E-state index is 5.80. The van der Waals surface area contributed by atoms with Crippen molar-refractivity contribution in [1.29, 1.82) is 0 Å². The van der Waals surface area contributed by atoms with Crippen LogP contribution in [0.3, 0.4) is 0 Å². The first-order valence-corrected chi connectivity index (χ1v) is 8.40. The molecular weight excluding hydrogens is 306 g/mol. The van der Waals surface area contributed by atoms with Crippen molar-refractivity contribution in [2.75, 3.05) is 34.1 Å². The number of hydrogen-bond acceptors (Lipinski definition) is 5. The lowest BCUT2D eigenvalue weighted by molar-refractivity contribution is -0.00646. The summed E-state index contributed by atoms with van der Waals surface area (Å²) in [5.74, 6) is 1.65. The van der Waals surface area contributed by atoms with Gasteiger partial charge in [0.1, 0.15) is 0 Å². The van der Waals surface area contributed by atoms with Crippen molar-refractivity contribution in [3.05, 3.63) is 47.1 Å². The van der Waals surface area contributed by atoms with Gasteiger partial charge >= 0.3 is 0 Å². The van der Waals surface area contributed by atoms with E-state index < -0.39 is 0 Å². The van der Waals surface area contributed by atoms with Crippen LogP contribution in [-0.4, -0.2) is 45.1 Å². The Morgan fingerprint density at radius 2 is 2.00 bits per heavy atom. The predicted octanol–water partition coefficient (Wildman–Crippen LogP) is 2.53. The predicted molar refractivity (Wildman–Crippen MR) is 88.2 cm³/mol. The molecule has 5 nitrogen and oxygen atoms in total. The molecule has 0 N–H and O–H groups in total. The molecule has 0 aromatic heterocycles. The Balaban J connectivity index is 1.73. The van der Waals surface area contributed by atoms with Crippen LogP contribution in [-0.2, 0) is 15.0 Å². The highest BCUT2D eigenvalue weighted by Crippen LogP contribution is 2.55. The average molecular weight is 327 g/mol. The summed E-state index contributed by atoms with van der Waals surface area (Å²) in [5.41, 5.74) is 3.67. The standard InChI is InChI=1S/C19H21NO4/c1-21-13-4-3-12-5-6-20-10-18(22-2)14-7-16-17(24-11-23-16)8-15(14)19(12,20)9-13/h3-5,7-8,13,18H,6,9-11H2,1-2H3. The van der Waals surface area contributed by atoms with E-state index in [2.05, 4.69) is 35.3 Å². The molecule has 0 saturated heterocycles. The van der Waals surface area contributed by atoms with Crippen LogP contribution in [0.15, 0.2) is 35.9 Å². The third-order valence-corrected chi connectivity index (χ3v) is 5.85. The minimum atomic E-state index is -0.152. The van der Waals surface area contributed by atoms with Gasteiger partial charge in [-0.2, -0.15) is 0 Å². The smallest absolute Gasteiger partial charge is 0.231 e. The molecule has 4 aliphatic rings. The van der Waals surface area contributed by atoms with Crippen molar-refractivity contribution in [2.24, 2.45) is 0 Å². The lowest BCUT2D eigenvalue weighted by atomic mass is 9.70. The van der Waals surface area contributed by atoms with Gasteiger partial charge in [0, 0.05) is 33.7 Å². The summed E-state index contributed by atoms with van der Waals surface area (Å²) in [7, 11) is 3.56. The zero-order valence-electron chi connectivity index (χ0n) is 14.0. The summed E-state index contributed by atoms with van der Waals surface area (Å²) in [6.45, 7) is 2.09. The number of benzene rings is 1. The van der Waals surface area contributed by atoms with Crippen LogP contribution in [0.2, 0.25) is 0 Å². The highest BCUT2D eigenvalue weighted by Gasteiger charge is 2.52. The summed E-state index contributed by atoms with van der Waals surface area (Å²) in [6, 6.07) is 4.26. The number of fused-ring (bicyclic) bond motifs is 2. The van der Waals surface area contributed by atoms with E-state index in [4.69, 9.17) is 18.9 Å². The molecule has 5 rings (SSSR count). The van der Waals surface area contributed by atoms with Crippen LogP contribution in [0.4, 0.5) is 0 Å². The van der Waals surface area contributed by atoms with Gasteiger partial charge in [-0.3, -0.25) is 4.90 Å². The van der Waals surface area contributed by atoms with Crippen molar-refractivity contribution in [2.45, 2.75) is 24.2 Å². The Morgan fingerprint density at radius 3 is 2.79 bits per heavy atom. The molecule has 24 heavy (non-hydrogen) atoms. The highest BCUT2D eigenvalue weighted by molar-refractivity contribution is 5.58. The molecule has 3 aliphatic heterocycles. The first kappa shape index (κ1) is 14.5. The lowest BCUT2D eigenvalue weighted by Gasteiger charge is -2.50. The molecule has 126 valence electrons. The first-order chi connectivity index (χ1) is 11.8. The molecule has 0 amide bonds. The van der Waals surface area contributed by atoms with Gasteiger partial charge < -0.3 is 18.9 Å². The maximum Gasteiger partial charge on any atom is 0.231 e. The van der Waals surface area contributed by atoms with Crippen LogP contribution in [0.1, 0.15) is 23.7 Å². The Morgan fingerprint density at radius 1 is 1.17 bits per heavy atom. The van der Waals surface area contributed by atoms with Crippen LogP contribution >= 0.6 is 0 Å². The topological polar surface area (TPSA) is 40.2 Å². The Kier molecular flexibility index (Phi) is 3.08. The molecule has 1 aromatic rings. The summed E-state index contributed by atoms with van der Waals surface area (Å²) in [4.78, 5) is 2.51. The Hall–Kier alpha value is -1.82. The van der Waals surface area contributed by atoms with E-state index in [1.807, 2.05) is 0 Å². The van der Waals surface area contributed by atoms with Gasteiger partial charge in [-0.25, -0.2) is 0 Å². The van der Waals surface area contributed by atoms with Gasteiger partial charge in [-0.05, 0) is 28.8 Å². The summed E-state index contributed by atoms with van der Waals surface area (Å²) in [6.07, 6.45) is 7.78. The van der Waals surface area contributed by atoms with E-state index in [9.17, 15) is 0 Å². The molecule has 5 heteroatoms. The molecule has 1 aromatic carbocycles. The first-order valence-electron chi connectivity index (χ1n) is 8.40. The van der Waals surface area contributed by atoms with Crippen LogP contribution in [0.5, 0.6) is 11.5 Å². The summed E-state index contributed by atoms with van der Waals surface area (Å²) < 4.78 is 22.7.